The molecule has 2 fully saturated rings. The van der Waals surface area contributed by atoms with Crippen molar-refractivity contribution in [3.05, 3.63) is 0 Å². The number of hydrogen-bond acceptors (Lipinski definition) is 3. The molecule has 1 saturated carbocycles. The number of sulfone groups is 1. The van der Waals surface area contributed by atoms with Gasteiger partial charge in [0, 0.05) is 11.5 Å². The van der Waals surface area contributed by atoms with Crippen molar-refractivity contribution < 1.29 is 8.42 Å². The second-order valence-electron chi connectivity index (χ2n) is 4.27. The van der Waals surface area contributed by atoms with Gasteiger partial charge in [-0.25, -0.2) is 8.42 Å². The average molecular weight is 189 g/mol. The van der Waals surface area contributed by atoms with Gasteiger partial charge in [0.15, 0.2) is 9.84 Å². The Morgan fingerprint density at radius 2 is 1.67 bits per heavy atom. The second-order valence-corrected chi connectivity index (χ2v) is 6.87. The average Bonchev–Trinajstić information content (AvgIpc) is 1.96. The molecule has 2 aliphatic rings. The topological polar surface area (TPSA) is 60.2 Å². The molecule has 2 rings (SSSR count). The van der Waals surface area contributed by atoms with Crippen molar-refractivity contribution in [2.75, 3.05) is 0 Å². The third-order valence-electron chi connectivity index (χ3n) is 3.89. The molecule has 2 atom stereocenters. The van der Waals surface area contributed by atoms with E-state index < -0.39 is 9.84 Å². The van der Waals surface area contributed by atoms with E-state index in [1.54, 1.807) is 0 Å². The monoisotopic (exact) mass is 189 g/mol. The van der Waals surface area contributed by atoms with Crippen molar-refractivity contribution in [3.63, 3.8) is 0 Å². The van der Waals surface area contributed by atoms with Crippen LogP contribution in [0.1, 0.15) is 26.7 Å². The molecule has 2 unspecified atom stereocenters. The zero-order valence-electron chi connectivity index (χ0n) is 7.45. The van der Waals surface area contributed by atoms with Gasteiger partial charge in [-0.3, -0.25) is 0 Å². The lowest BCUT2D eigenvalue weighted by Gasteiger charge is -2.60. The van der Waals surface area contributed by atoms with Gasteiger partial charge in [-0.05, 0) is 26.7 Å². The summed E-state index contributed by atoms with van der Waals surface area (Å²) in [6.45, 7) is 3.64. The molecule has 1 aliphatic heterocycles. The summed E-state index contributed by atoms with van der Waals surface area (Å²) in [5, 5.41) is -0.306. The molecule has 0 aromatic carbocycles. The van der Waals surface area contributed by atoms with E-state index in [2.05, 4.69) is 0 Å². The van der Waals surface area contributed by atoms with Gasteiger partial charge in [0.25, 0.3) is 0 Å². The molecule has 0 radical (unpaired) electrons. The van der Waals surface area contributed by atoms with E-state index in [4.69, 9.17) is 5.73 Å². The van der Waals surface area contributed by atoms with Crippen LogP contribution in [-0.2, 0) is 9.84 Å². The van der Waals surface area contributed by atoms with Crippen LogP contribution in [0.15, 0.2) is 0 Å². The molecule has 0 amide bonds. The van der Waals surface area contributed by atoms with E-state index in [1.165, 1.54) is 0 Å². The molecule has 0 aromatic heterocycles. The van der Waals surface area contributed by atoms with Crippen LogP contribution in [-0.4, -0.2) is 25.0 Å². The van der Waals surface area contributed by atoms with Crippen LogP contribution in [0.4, 0.5) is 0 Å². The van der Waals surface area contributed by atoms with Crippen molar-refractivity contribution in [2.45, 2.75) is 43.2 Å². The van der Waals surface area contributed by atoms with E-state index in [1.807, 2.05) is 13.8 Å². The first-order chi connectivity index (χ1) is 5.41. The van der Waals surface area contributed by atoms with Crippen LogP contribution in [0.25, 0.3) is 0 Å². The Balaban J connectivity index is 2.24. The number of rotatable bonds is 0. The van der Waals surface area contributed by atoms with Gasteiger partial charge in [0.2, 0.25) is 0 Å². The Bertz CT molecular complexity index is 285. The maximum absolute atomic E-state index is 11.4. The summed E-state index contributed by atoms with van der Waals surface area (Å²) in [6.07, 6.45) is 1.79. The van der Waals surface area contributed by atoms with Crippen molar-refractivity contribution in [1.29, 1.82) is 0 Å². The molecule has 2 N–H and O–H groups in total. The third kappa shape index (κ3) is 0.684. The molecule has 12 heavy (non-hydrogen) atoms. The summed E-state index contributed by atoms with van der Waals surface area (Å²) in [5.74, 6) is 0. The summed E-state index contributed by atoms with van der Waals surface area (Å²) in [4.78, 5) is 0. The first-order valence-corrected chi connectivity index (χ1v) is 6.00. The molecule has 1 aliphatic carbocycles. The van der Waals surface area contributed by atoms with Gasteiger partial charge in [-0.2, -0.15) is 0 Å². The van der Waals surface area contributed by atoms with Gasteiger partial charge < -0.3 is 5.73 Å². The van der Waals surface area contributed by atoms with Crippen LogP contribution >= 0.6 is 0 Å². The highest BCUT2D eigenvalue weighted by Gasteiger charge is 2.66. The highest BCUT2D eigenvalue weighted by atomic mass is 32.2. The number of nitrogens with two attached hydrogens (primary N) is 1. The summed E-state index contributed by atoms with van der Waals surface area (Å²) < 4.78 is 22.8. The lowest BCUT2D eigenvalue weighted by atomic mass is 9.61. The fourth-order valence-electron chi connectivity index (χ4n) is 2.80. The zero-order valence-corrected chi connectivity index (χ0v) is 8.26. The Hall–Kier alpha value is -0.0900. The van der Waals surface area contributed by atoms with E-state index in [9.17, 15) is 8.42 Å². The van der Waals surface area contributed by atoms with Crippen LogP contribution in [0.3, 0.4) is 0 Å². The van der Waals surface area contributed by atoms with Crippen molar-refractivity contribution >= 4 is 9.84 Å². The predicted octanol–water partition coefficient (Wildman–Crippen LogP) is 0.299. The minimum atomic E-state index is -2.79. The molecule has 0 aromatic rings. The minimum absolute atomic E-state index is 0.0538. The van der Waals surface area contributed by atoms with Crippen LogP contribution < -0.4 is 5.73 Å². The minimum Gasteiger partial charge on any atom is -0.328 e. The molecule has 1 heterocycles. The first-order valence-electron chi connectivity index (χ1n) is 4.39. The smallest absolute Gasteiger partial charge is 0.156 e. The second kappa shape index (κ2) is 2.04. The van der Waals surface area contributed by atoms with Crippen LogP contribution in [0.2, 0.25) is 0 Å². The Morgan fingerprint density at radius 3 is 2.00 bits per heavy atom. The molecule has 1 saturated heterocycles. The van der Waals surface area contributed by atoms with E-state index in [0.29, 0.717) is 0 Å². The van der Waals surface area contributed by atoms with Gasteiger partial charge in [-0.1, -0.05) is 0 Å². The fraction of sp³-hybridized carbons (Fsp3) is 1.00. The van der Waals surface area contributed by atoms with Crippen LogP contribution in [0, 0.1) is 5.41 Å². The molecule has 0 bridgehead atoms. The maximum Gasteiger partial charge on any atom is 0.156 e. The molecular weight excluding hydrogens is 174 g/mol. The Morgan fingerprint density at radius 1 is 1.25 bits per heavy atom. The lowest BCUT2D eigenvalue weighted by Crippen LogP contribution is -2.70. The molecule has 70 valence electrons. The van der Waals surface area contributed by atoms with E-state index in [0.717, 1.165) is 12.8 Å². The standard InChI is InChI=1S/C8H15NO2S/c1-5-8(3-7(9)4-8)6(2)12(5,10)11/h5-7H,3-4,9H2,1-2H3. The molecule has 3 nitrogen and oxygen atoms in total. The summed E-state index contributed by atoms with van der Waals surface area (Å²) in [7, 11) is -2.79. The molecular formula is C8H15NO2S. The SMILES string of the molecule is CC1C2(CC(N)C2)C(C)S1(=O)=O. The van der Waals surface area contributed by atoms with Crippen molar-refractivity contribution in [1.82, 2.24) is 0 Å². The number of hydrogen-bond donors (Lipinski definition) is 1. The van der Waals surface area contributed by atoms with Gasteiger partial charge in [-0.15, -0.1) is 0 Å². The highest BCUT2D eigenvalue weighted by Crippen LogP contribution is 2.58. The van der Waals surface area contributed by atoms with Crippen LogP contribution in [0.5, 0.6) is 0 Å². The lowest BCUT2D eigenvalue weighted by molar-refractivity contribution is 0.0734. The van der Waals surface area contributed by atoms with Crippen molar-refractivity contribution in [2.24, 2.45) is 11.1 Å². The Kier molecular flexibility index (Phi) is 1.45. The van der Waals surface area contributed by atoms with Gasteiger partial charge >= 0.3 is 0 Å². The van der Waals surface area contributed by atoms with E-state index >= 15 is 0 Å². The summed E-state index contributed by atoms with van der Waals surface area (Å²) in [5.41, 5.74) is 5.74. The van der Waals surface area contributed by atoms with E-state index in [-0.39, 0.29) is 22.0 Å². The first kappa shape index (κ1) is 8.51. The normalized spacial score (nSPS) is 56.1. The predicted molar refractivity (Wildman–Crippen MR) is 47.5 cm³/mol. The van der Waals surface area contributed by atoms with Gasteiger partial charge in [0.1, 0.15) is 0 Å². The third-order valence-corrected chi connectivity index (χ3v) is 6.80. The van der Waals surface area contributed by atoms with Crippen molar-refractivity contribution in [3.8, 4) is 0 Å². The Labute approximate surface area is 73.2 Å². The maximum atomic E-state index is 11.4. The summed E-state index contributed by atoms with van der Waals surface area (Å²) >= 11 is 0. The molecule has 4 heteroatoms. The fourth-order valence-corrected chi connectivity index (χ4v) is 5.29. The van der Waals surface area contributed by atoms with Gasteiger partial charge in [0.05, 0.1) is 10.5 Å². The highest BCUT2D eigenvalue weighted by molar-refractivity contribution is 7.94. The summed E-state index contributed by atoms with van der Waals surface area (Å²) in [6, 6.07) is 0.241. The zero-order chi connectivity index (χ0) is 9.15. The quantitative estimate of drug-likeness (QED) is 0.596. The largest absolute Gasteiger partial charge is 0.328 e. The molecule has 1 spiro atoms.